The van der Waals surface area contributed by atoms with Crippen LogP contribution in [0.1, 0.15) is 11.1 Å². The smallest absolute Gasteiger partial charge is 0.136 e. The molecular formula is C17H14INO. The van der Waals surface area contributed by atoms with E-state index in [1.165, 1.54) is 0 Å². The summed E-state index contributed by atoms with van der Waals surface area (Å²) in [5.41, 5.74) is 3.18. The molecule has 0 bridgehead atoms. The van der Waals surface area contributed by atoms with Gasteiger partial charge in [0.15, 0.2) is 0 Å². The number of aliphatic imine (C=N–C) groups is 1. The monoisotopic (exact) mass is 375 g/mol. The van der Waals surface area contributed by atoms with Gasteiger partial charge in [-0.3, -0.25) is 4.99 Å². The Kier molecular flexibility index (Phi) is 4.16. The summed E-state index contributed by atoms with van der Waals surface area (Å²) in [5.74, 6) is 0.882. The van der Waals surface area contributed by atoms with Crippen molar-refractivity contribution in [2.75, 3.05) is 6.61 Å². The van der Waals surface area contributed by atoms with Crippen LogP contribution in [0.25, 0.3) is 5.76 Å². The zero-order chi connectivity index (χ0) is 13.8. The zero-order valence-corrected chi connectivity index (χ0v) is 13.0. The third-order valence-corrected chi connectivity index (χ3v) is 3.69. The number of ether oxygens (including phenoxy) is 1. The lowest BCUT2D eigenvalue weighted by Gasteiger charge is -2.09. The van der Waals surface area contributed by atoms with Crippen molar-refractivity contribution in [2.45, 2.75) is 4.05 Å². The van der Waals surface area contributed by atoms with Crippen LogP contribution in [0.15, 0.2) is 71.7 Å². The fourth-order valence-electron chi connectivity index (χ4n) is 2.09. The van der Waals surface area contributed by atoms with Crippen molar-refractivity contribution in [1.29, 1.82) is 0 Å². The Balaban J connectivity index is 2.02. The normalized spacial score (nSPS) is 18.6. The molecule has 0 amide bonds. The quantitative estimate of drug-likeness (QED) is 0.436. The van der Waals surface area contributed by atoms with Crippen molar-refractivity contribution in [2.24, 2.45) is 4.99 Å². The first-order valence-corrected chi connectivity index (χ1v) is 7.75. The predicted molar refractivity (Wildman–Crippen MR) is 91.2 cm³/mol. The van der Waals surface area contributed by atoms with Crippen LogP contribution < -0.4 is 0 Å². The first-order valence-electron chi connectivity index (χ1n) is 6.50. The first-order chi connectivity index (χ1) is 9.83. The molecule has 2 nitrogen and oxygen atoms in total. The molecule has 1 aliphatic rings. The highest BCUT2D eigenvalue weighted by atomic mass is 127. The van der Waals surface area contributed by atoms with Gasteiger partial charge in [0.05, 0.1) is 5.71 Å². The number of nitrogens with zero attached hydrogens (tertiary/aromatic N) is 1. The van der Waals surface area contributed by atoms with Crippen LogP contribution in [0.3, 0.4) is 0 Å². The molecule has 0 aliphatic carbocycles. The number of benzene rings is 2. The second kappa shape index (κ2) is 6.22. The number of hydrogen-bond acceptors (Lipinski definition) is 2. The topological polar surface area (TPSA) is 21.6 Å². The summed E-state index contributed by atoms with van der Waals surface area (Å²) in [7, 11) is 0. The zero-order valence-electron chi connectivity index (χ0n) is 10.9. The molecule has 3 rings (SSSR count). The molecule has 2 aromatic rings. The van der Waals surface area contributed by atoms with Gasteiger partial charge in [0.25, 0.3) is 0 Å². The maximum atomic E-state index is 5.89. The Morgan fingerprint density at radius 3 is 2.15 bits per heavy atom. The van der Waals surface area contributed by atoms with Crippen molar-refractivity contribution >= 4 is 34.1 Å². The van der Waals surface area contributed by atoms with E-state index >= 15 is 0 Å². The molecule has 1 atom stereocenters. The van der Waals surface area contributed by atoms with Crippen LogP contribution >= 0.6 is 22.6 Å². The third-order valence-electron chi connectivity index (χ3n) is 3.05. The largest absolute Gasteiger partial charge is 0.490 e. The van der Waals surface area contributed by atoms with Gasteiger partial charge in [-0.1, -0.05) is 83.3 Å². The molecule has 0 N–H and O–H groups in total. The lowest BCUT2D eigenvalue weighted by Crippen LogP contribution is -2.04. The first kappa shape index (κ1) is 13.4. The molecule has 0 spiro atoms. The van der Waals surface area contributed by atoms with E-state index < -0.39 is 0 Å². The molecule has 0 radical (unpaired) electrons. The average Bonchev–Trinajstić information content (AvgIpc) is 2.71. The van der Waals surface area contributed by atoms with E-state index in [0.717, 1.165) is 22.6 Å². The van der Waals surface area contributed by atoms with E-state index in [4.69, 9.17) is 9.73 Å². The van der Waals surface area contributed by atoms with Crippen LogP contribution in [0.4, 0.5) is 0 Å². The van der Waals surface area contributed by atoms with Gasteiger partial charge in [-0.15, -0.1) is 0 Å². The van der Waals surface area contributed by atoms with Crippen molar-refractivity contribution in [3.63, 3.8) is 0 Å². The van der Waals surface area contributed by atoms with E-state index in [0.29, 0.717) is 6.61 Å². The van der Waals surface area contributed by atoms with Crippen LogP contribution in [-0.4, -0.2) is 16.4 Å². The molecule has 2 aromatic carbocycles. The Bertz CT molecular complexity index is 635. The number of rotatable bonds is 2. The molecule has 100 valence electrons. The van der Waals surface area contributed by atoms with E-state index in [9.17, 15) is 0 Å². The number of halogens is 1. The van der Waals surface area contributed by atoms with Crippen LogP contribution in [0.2, 0.25) is 0 Å². The summed E-state index contributed by atoms with van der Waals surface area (Å²) in [4.78, 5) is 4.72. The molecule has 1 aliphatic heterocycles. The van der Waals surface area contributed by atoms with Gasteiger partial charge in [0.1, 0.15) is 16.4 Å². The minimum Gasteiger partial charge on any atom is -0.490 e. The average molecular weight is 375 g/mol. The highest BCUT2D eigenvalue weighted by Gasteiger charge is 2.14. The van der Waals surface area contributed by atoms with E-state index in [2.05, 4.69) is 46.9 Å². The molecule has 1 unspecified atom stereocenters. The van der Waals surface area contributed by atoms with Crippen LogP contribution in [0, 0.1) is 0 Å². The molecular weight excluding hydrogens is 361 g/mol. The van der Waals surface area contributed by atoms with E-state index in [1.54, 1.807) is 0 Å². The van der Waals surface area contributed by atoms with E-state index in [1.807, 2.05) is 42.5 Å². The molecule has 0 saturated carbocycles. The number of hydrogen-bond donors (Lipinski definition) is 0. The fourth-order valence-corrected chi connectivity index (χ4v) is 2.57. The Morgan fingerprint density at radius 2 is 1.50 bits per heavy atom. The van der Waals surface area contributed by atoms with Gasteiger partial charge in [0, 0.05) is 11.6 Å². The maximum absolute atomic E-state index is 5.89. The van der Waals surface area contributed by atoms with E-state index in [-0.39, 0.29) is 4.05 Å². The fraction of sp³-hybridized carbons (Fsp3) is 0.118. The second-order valence-electron chi connectivity index (χ2n) is 4.50. The molecule has 0 saturated heterocycles. The maximum Gasteiger partial charge on any atom is 0.136 e. The van der Waals surface area contributed by atoms with Gasteiger partial charge in [-0.05, 0) is 5.56 Å². The second-order valence-corrected chi connectivity index (χ2v) is 5.94. The summed E-state index contributed by atoms with van der Waals surface area (Å²) in [6, 6.07) is 20.4. The summed E-state index contributed by atoms with van der Waals surface area (Å²) in [6.45, 7) is 0.595. The Morgan fingerprint density at radius 1 is 0.900 bits per heavy atom. The molecule has 0 fully saturated rings. The van der Waals surface area contributed by atoms with Gasteiger partial charge in [-0.2, -0.15) is 0 Å². The van der Waals surface area contributed by atoms with Gasteiger partial charge >= 0.3 is 0 Å². The standard InChI is InChI=1S/C17H14INO/c18-17-12-20-16(14-9-5-2-6-10-14)11-15(19-17)13-7-3-1-4-8-13/h1-11,17H,12H2. The van der Waals surface area contributed by atoms with Gasteiger partial charge in [0.2, 0.25) is 0 Å². The summed E-state index contributed by atoms with van der Waals surface area (Å²) < 4.78 is 6.02. The van der Waals surface area contributed by atoms with Crippen molar-refractivity contribution < 1.29 is 4.74 Å². The molecule has 20 heavy (non-hydrogen) atoms. The number of alkyl halides is 1. The minimum absolute atomic E-state index is 0.125. The lowest BCUT2D eigenvalue weighted by atomic mass is 10.1. The summed E-state index contributed by atoms with van der Waals surface area (Å²) >= 11 is 2.31. The Hall–Kier alpha value is -1.62. The summed E-state index contributed by atoms with van der Waals surface area (Å²) in [6.07, 6.45) is 2.03. The van der Waals surface area contributed by atoms with Crippen molar-refractivity contribution in [3.05, 3.63) is 77.9 Å². The highest BCUT2D eigenvalue weighted by molar-refractivity contribution is 14.1. The molecule has 3 heteroatoms. The van der Waals surface area contributed by atoms with Gasteiger partial charge < -0.3 is 4.74 Å². The predicted octanol–water partition coefficient (Wildman–Crippen LogP) is 4.31. The molecule has 0 aromatic heterocycles. The Labute approximate surface area is 132 Å². The van der Waals surface area contributed by atoms with Crippen molar-refractivity contribution in [1.82, 2.24) is 0 Å². The molecule has 1 heterocycles. The van der Waals surface area contributed by atoms with Gasteiger partial charge in [-0.25, -0.2) is 0 Å². The third kappa shape index (κ3) is 3.10. The lowest BCUT2D eigenvalue weighted by molar-refractivity contribution is 0.285. The number of allylic oxidation sites excluding steroid dienone is 1. The SMILES string of the molecule is IC1COC(c2ccccc2)=CC(c2ccccc2)=N1. The van der Waals surface area contributed by atoms with Crippen LogP contribution in [-0.2, 0) is 4.74 Å². The summed E-state index contributed by atoms with van der Waals surface area (Å²) in [5, 5.41) is 0. The van der Waals surface area contributed by atoms with Crippen LogP contribution in [0.5, 0.6) is 0 Å². The highest BCUT2D eigenvalue weighted by Crippen LogP contribution is 2.22. The minimum atomic E-state index is 0.125. The van der Waals surface area contributed by atoms with Crippen molar-refractivity contribution in [3.8, 4) is 0 Å².